The van der Waals surface area contributed by atoms with Gasteiger partial charge < -0.3 is 28.7 Å². The Morgan fingerprint density at radius 3 is 2.24 bits per heavy atom. The first-order valence-electron chi connectivity index (χ1n) is 10.1. The number of nitrogens with one attached hydrogen (secondary N) is 1. The number of furan rings is 1. The molecule has 0 unspecified atom stereocenters. The van der Waals surface area contributed by atoms with E-state index in [1.807, 2.05) is 6.92 Å². The van der Waals surface area contributed by atoms with Gasteiger partial charge in [0.05, 0.1) is 27.8 Å². The highest BCUT2D eigenvalue weighted by atomic mass is 28.3. The molecule has 0 radical (unpaired) electrons. The molecule has 0 aliphatic heterocycles. The van der Waals surface area contributed by atoms with Crippen molar-refractivity contribution < 1.29 is 28.2 Å². The maximum atomic E-state index is 12.6. The molecule has 3 aromatic rings. The molecular formula is C21H27N5O6Si. The number of ether oxygens (including phenoxy) is 4. The molecule has 0 bridgehead atoms. The third-order valence-electron chi connectivity index (χ3n) is 4.42. The fraction of sp³-hybridized carbons (Fsp3) is 0.381. The lowest BCUT2D eigenvalue weighted by Gasteiger charge is -2.15. The third kappa shape index (κ3) is 5.77. The van der Waals surface area contributed by atoms with E-state index in [0.29, 0.717) is 11.6 Å². The Morgan fingerprint density at radius 2 is 1.67 bits per heavy atom. The van der Waals surface area contributed by atoms with Crippen molar-refractivity contribution in [2.45, 2.75) is 33.0 Å². The molecule has 3 heterocycles. The number of aromatic nitrogens is 4. The Hall–Kier alpha value is -3.67. The maximum Gasteiger partial charge on any atom is 0.322 e. The maximum absolute atomic E-state index is 12.6. The highest BCUT2D eigenvalue weighted by molar-refractivity contribution is 6.87. The van der Waals surface area contributed by atoms with E-state index in [0.717, 1.165) is 11.0 Å². The molecule has 3 rings (SSSR count). The number of rotatable bonds is 9. The number of anilines is 1. The van der Waals surface area contributed by atoms with Crippen LogP contribution in [0, 0.1) is 6.92 Å². The van der Waals surface area contributed by atoms with Gasteiger partial charge in [-0.05, 0) is 13.0 Å². The second-order valence-electron chi connectivity index (χ2n) is 8.08. The number of amides is 1. The summed E-state index contributed by atoms with van der Waals surface area (Å²) < 4.78 is 26.9. The molecular weight excluding hydrogens is 446 g/mol. The quantitative estimate of drug-likeness (QED) is 0.463. The number of carbonyl (C=O) groups is 1. The normalized spacial score (nSPS) is 11.1. The molecule has 176 valence electrons. The van der Waals surface area contributed by atoms with Crippen LogP contribution in [0.2, 0.25) is 19.6 Å². The fourth-order valence-corrected chi connectivity index (χ4v) is 3.62. The molecule has 0 atom stereocenters. The lowest BCUT2D eigenvalue weighted by Crippen LogP contribution is -2.42. The minimum atomic E-state index is -1.70. The van der Waals surface area contributed by atoms with Crippen LogP contribution in [0.5, 0.6) is 29.6 Å². The lowest BCUT2D eigenvalue weighted by molar-refractivity contribution is -0.115. The Balaban J connectivity index is 1.73. The van der Waals surface area contributed by atoms with Crippen molar-refractivity contribution in [3.05, 3.63) is 29.7 Å². The second kappa shape index (κ2) is 9.86. The first-order chi connectivity index (χ1) is 15.6. The zero-order chi connectivity index (χ0) is 24.2. The number of methoxy groups -OCH3 is 3. The summed E-state index contributed by atoms with van der Waals surface area (Å²) in [6, 6.07) is 3.34. The van der Waals surface area contributed by atoms with E-state index in [1.54, 1.807) is 18.3 Å². The van der Waals surface area contributed by atoms with Crippen molar-refractivity contribution in [2.75, 3.05) is 26.6 Å². The molecule has 0 aliphatic carbocycles. The predicted molar refractivity (Wildman–Crippen MR) is 123 cm³/mol. The molecule has 0 spiro atoms. The van der Waals surface area contributed by atoms with Crippen molar-refractivity contribution in [3.63, 3.8) is 0 Å². The highest BCUT2D eigenvalue weighted by Gasteiger charge is 2.23. The molecule has 33 heavy (non-hydrogen) atoms. The van der Waals surface area contributed by atoms with Gasteiger partial charge in [0.2, 0.25) is 23.5 Å². The lowest BCUT2D eigenvalue weighted by atomic mass is 10.3. The average Bonchev–Trinajstić information content (AvgIpc) is 3.20. The van der Waals surface area contributed by atoms with E-state index in [9.17, 15) is 4.79 Å². The summed E-state index contributed by atoms with van der Waals surface area (Å²) in [6.07, 6.45) is 1.68. The molecule has 12 heteroatoms. The van der Waals surface area contributed by atoms with Gasteiger partial charge in [-0.15, -0.1) is 0 Å². The summed E-state index contributed by atoms with van der Waals surface area (Å²) >= 11 is 0. The molecule has 0 fully saturated rings. The van der Waals surface area contributed by atoms with Crippen LogP contribution in [0.1, 0.15) is 11.3 Å². The number of aryl methyl sites for hydroxylation is 1. The van der Waals surface area contributed by atoms with Crippen molar-refractivity contribution in [2.24, 2.45) is 0 Å². The molecule has 0 saturated carbocycles. The van der Waals surface area contributed by atoms with Crippen LogP contribution in [0.15, 0.2) is 22.7 Å². The third-order valence-corrected chi connectivity index (χ3v) is 6.00. The van der Waals surface area contributed by atoms with Gasteiger partial charge in [0.25, 0.3) is 5.95 Å². The van der Waals surface area contributed by atoms with Crippen LogP contribution in [-0.2, 0) is 11.2 Å². The molecule has 0 aromatic carbocycles. The monoisotopic (exact) mass is 473 g/mol. The van der Waals surface area contributed by atoms with E-state index < -0.39 is 8.07 Å². The van der Waals surface area contributed by atoms with Crippen LogP contribution in [-0.4, -0.2) is 55.2 Å². The first kappa shape index (κ1) is 24.0. The Labute approximate surface area is 192 Å². The van der Waals surface area contributed by atoms with E-state index in [2.05, 4.69) is 44.9 Å². The minimum Gasteiger partial charge on any atom is -0.479 e. The van der Waals surface area contributed by atoms with Gasteiger partial charge in [-0.3, -0.25) is 4.79 Å². The van der Waals surface area contributed by atoms with Crippen LogP contribution < -0.4 is 29.7 Å². The van der Waals surface area contributed by atoms with Gasteiger partial charge in [0.1, 0.15) is 19.3 Å². The molecule has 1 amide bonds. The van der Waals surface area contributed by atoms with Crippen LogP contribution >= 0.6 is 0 Å². The molecule has 11 nitrogen and oxygen atoms in total. The molecule has 0 aliphatic rings. The molecule has 0 saturated heterocycles. The van der Waals surface area contributed by atoms with Gasteiger partial charge in [-0.1, -0.05) is 19.6 Å². The summed E-state index contributed by atoms with van der Waals surface area (Å²) in [4.78, 5) is 29.7. The summed E-state index contributed by atoms with van der Waals surface area (Å²) in [6.45, 7) is 8.33. The van der Waals surface area contributed by atoms with Crippen LogP contribution in [0.3, 0.4) is 0 Å². The second-order valence-corrected chi connectivity index (χ2v) is 13.0. The largest absolute Gasteiger partial charge is 0.479 e. The Morgan fingerprint density at radius 1 is 1.00 bits per heavy atom. The fourth-order valence-electron chi connectivity index (χ4n) is 2.73. The first-order valence-corrected chi connectivity index (χ1v) is 13.6. The Bertz CT molecular complexity index is 1120. The summed E-state index contributed by atoms with van der Waals surface area (Å²) in [5, 5.41) is 2.69. The molecule has 3 aromatic heterocycles. The number of hydrogen-bond acceptors (Lipinski definition) is 10. The van der Waals surface area contributed by atoms with Crippen LogP contribution in [0.4, 0.5) is 5.69 Å². The smallest absolute Gasteiger partial charge is 0.322 e. The van der Waals surface area contributed by atoms with E-state index >= 15 is 0 Å². The summed E-state index contributed by atoms with van der Waals surface area (Å²) in [7, 11) is 2.53. The van der Waals surface area contributed by atoms with Gasteiger partial charge >= 0.3 is 6.01 Å². The molecule has 1 N–H and O–H groups in total. The van der Waals surface area contributed by atoms with Crippen molar-refractivity contribution >= 4 is 25.1 Å². The van der Waals surface area contributed by atoms with Gasteiger partial charge in [0.15, 0.2) is 5.69 Å². The standard InChI is InChI=1S/C21H27N5O6Si/c1-12-11-22-21(33(5,6)7)26-17(12)32-15-9-8-13(31-15)10-14(27)23-16-18(28-2)24-20(30-4)25-19(16)29-3/h8-9,11H,10H2,1-7H3,(H,23,27). The van der Waals surface area contributed by atoms with Gasteiger partial charge in [0, 0.05) is 17.8 Å². The van der Waals surface area contributed by atoms with E-state index in [4.69, 9.17) is 23.4 Å². The van der Waals surface area contributed by atoms with Crippen LogP contribution in [0.25, 0.3) is 0 Å². The van der Waals surface area contributed by atoms with E-state index in [1.165, 1.54) is 21.3 Å². The summed E-state index contributed by atoms with van der Waals surface area (Å²) in [5.41, 5.74) is 1.76. The van der Waals surface area contributed by atoms with Crippen molar-refractivity contribution in [1.29, 1.82) is 0 Å². The van der Waals surface area contributed by atoms with Gasteiger partial charge in [-0.2, -0.15) is 9.97 Å². The van der Waals surface area contributed by atoms with Gasteiger partial charge in [-0.25, -0.2) is 9.97 Å². The summed E-state index contributed by atoms with van der Waals surface area (Å²) in [5.74, 6) is 0.870. The number of nitrogens with zero attached hydrogens (tertiary/aromatic N) is 4. The zero-order valence-electron chi connectivity index (χ0n) is 19.7. The Kier molecular flexibility index (Phi) is 7.16. The zero-order valence-corrected chi connectivity index (χ0v) is 20.7. The highest BCUT2D eigenvalue weighted by Crippen LogP contribution is 2.33. The van der Waals surface area contributed by atoms with E-state index in [-0.39, 0.29) is 41.7 Å². The minimum absolute atomic E-state index is 0.0480. The van der Waals surface area contributed by atoms with Crippen molar-refractivity contribution in [3.8, 4) is 29.6 Å². The average molecular weight is 474 g/mol. The SMILES string of the molecule is COc1nc(OC)c(NC(=O)Cc2ccc(Oc3nc([Si](C)(C)C)ncc3C)o2)c(OC)n1. The predicted octanol–water partition coefficient (Wildman–Crippen LogP) is 2.71. The van der Waals surface area contributed by atoms with Crippen molar-refractivity contribution in [1.82, 2.24) is 19.9 Å². The number of hydrogen-bond donors (Lipinski definition) is 1. The topological polar surface area (TPSA) is 131 Å². The number of carbonyl (C=O) groups excluding carboxylic acids is 1.